The van der Waals surface area contributed by atoms with E-state index < -0.39 is 0 Å². The van der Waals surface area contributed by atoms with Gasteiger partial charge in [0.1, 0.15) is 5.75 Å². The number of nitrogen functional groups attached to an aromatic ring is 1. The van der Waals surface area contributed by atoms with E-state index in [0.29, 0.717) is 33.1 Å². The molecule has 1 aliphatic heterocycles. The number of rotatable bonds is 4. The number of halogens is 2. The molecule has 25 heavy (non-hydrogen) atoms. The van der Waals surface area contributed by atoms with E-state index in [4.69, 9.17) is 33.7 Å². The molecule has 0 aromatic heterocycles. The van der Waals surface area contributed by atoms with Gasteiger partial charge in [0.2, 0.25) is 0 Å². The summed E-state index contributed by atoms with van der Waals surface area (Å²) in [5.41, 5.74) is 7.95. The zero-order valence-corrected chi connectivity index (χ0v) is 15.1. The number of fused-ring (bicyclic) bond motifs is 1. The number of carbonyl (C=O) groups is 1. The Balaban J connectivity index is 1.57. The van der Waals surface area contributed by atoms with Gasteiger partial charge in [-0.3, -0.25) is 4.79 Å². The molecule has 0 radical (unpaired) electrons. The second-order valence-corrected chi connectivity index (χ2v) is 7.49. The number of hydrogen-bond donors (Lipinski definition) is 1. The van der Waals surface area contributed by atoms with Gasteiger partial charge in [0.15, 0.2) is 5.75 Å². The van der Waals surface area contributed by atoms with Gasteiger partial charge in [-0.2, -0.15) is 0 Å². The molecule has 0 spiro atoms. The van der Waals surface area contributed by atoms with E-state index >= 15 is 0 Å². The third kappa shape index (κ3) is 3.42. The van der Waals surface area contributed by atoms with Crippen LogP contribution in [-0.2, 0) is 6.42 Å². The molecule has 4 rings (SSSR count). The van der Waals surface area contributed by atoms with Gasteiger partial charge in [0.05, 0.1) is 10.0 Å². The van der Waals surface area contributed by atoms with Crippen LogP contribution < -0.4 is 10.5 Å². The van der Waals surface area contributed by atoms with Crippen molar-refractivity contribution in [3.63, 3.8) is 0 Å². The van der Waals surface area contributed by atoms with Crippen molar-refractivity contribution in [2.24, 2.45) is 5.92 Å². The number of anilines is 1. The van der Waals surface area contributed by atoms with Gasteiger partial charge in [-0.15, -0.1) is 0 Å². The average molecular weight is 377 g/mol. The lowest BCUT2D eigenvalue weighted by molar-refractivity contribution is 0.0731. The van der Waals surface area contributed by atoms with Crippen molar-refractivity contribution in [3.05, 3.63) is 51.5 Å². The lowest BCUT2D eigenvalue weighted by Gasteiger charge is -2.29. The second-order valence-electron chi connectivity index (χ2n) is 6.68. The lowest BCUT2D eigenvalue weighted by Crippen LogP contribution is -2.38. The zero-order valence-electron chi connectivity index (χ0n) is 13.6. The molecule has 4 nitrogen and oxygen atoms in total. The van der Waals surface area contributed by atoms with Gasteiger partial charge >= 0.3 is 0 Å². The molecule has 2 aromatic carbocycles. The summed E-state index contributed by atoms with van der Waals surface area (Å²) in [7, 11) is 0. The van der Waals surface area contributed by atoms with E-state index in [2.05, 4.69) is 0 Å². The van der Waals surface area contributed by atoms with E-state index in [-0.39, 0.29) is 5.91 Å². The number of carbonyl (C=O) groups excluding carboxylic acids is 1. The fourth-order valence-electron chi connectivity index (χ4n) is 3.16. The van der Waals surface area contributed by atoms with Crippen LogP contribution in [0.4, 0.5) is 5.69 Å². The first-order valence-electron chi connectivity index (χ1n) is 8.36. The zero-order chi connectivity index (χ0) is 17.6. The van der Waals surface area contributed by atoms with E-state index in [0.717, 1.165) is 30.6 Å². The van der Waals surface area contributed by atoms with Crippen LogP contribution in [0.25, 0.3) is 0 Å². The number of benzene rings is 2. The Morgan fingerprint density at radius 2 is 1.88 bits per heavy atom. The minimum absolute atomic E-state index is 0.114. The van der Waals surface area contributed by atoms with Gasteiger partial charge < -0.3 is 15.4 Å². The van der Waals surface area contributed by atoms with Gasteiger partial charge in [-0.25, -0.2) is 0 Å². The Hall–Kier alpha value is -1.91. The molecular weight excluding hydrogens is 359 g/mol. The molecule has 0 atom stereocenters. The largest absolute Gasteiger partial charge is 0.454 e. The quantitative estimate of drug-likeness (QED) is 0.781. The minimum Gasteiger partial charge on any atom is -0.454 e. The van der Waals surface area contributed by atoms with Crippen LogP contribution in [0.5, 0.6) is 11.5 Å². The van der Waals surface area contributed by atoms with E-state index in [1.165, 1.54) is 12.8 Å². The molecule has 130 valence electrons. The summed E-state index contributed by atoms with van der Waals surface area (Å²) in [6, 6.07) is 8.69. The van der Waals surface area contributed by atoms with Gasteiger partial charge in [0.25, 0.3) is 5.91 Å². The van der Waals surface area contributed by atoms with Gasteiger partial charge in [-0.05, 0) is 61.1 Å². The third-order valence-electron chi connectivity index (χ3n) is 4.66. The standard InChI is InChI=1S/C19H18Cl2N2O2/c20-16-8-13(22)9-17(21)18(16)25-14-3-4-15-12(7-14)5-6-23(19(15)24)10-11-1-2-11/h3-4,7-9,11H,1-2,5-6,10,22H2. The van der Waals surface area contributed by atoms with Crippen molar-refractivity contribution in [2.75, 3.05) is 18.8 Å². The molecule has 1 saturated carbocycles. The summed E-state index contributed by atoms with van der Waals surface area (Å²) in [5, 5.41) is 0.712. The normalized spacial score (nSPS) is 16.7. The highest BCUT2D eigenvalue weighted by molar-refractivity contribution is 6.37. The summed E-state index contributed by atoms with van der Waals surface area (Å²) in [6.07, 6.45) is 3.31. The highest BCUT2D eigenvalue weighted by Gasteiger charge is 2.30. The first kappa shape index (κ1) is 16.6. The molecule has 1 amide bonds. The monoisotopic (exact) mass is 376 g/mol. The number of ether oxygens (including phenoxy) is 1. The molecule has 2 N–H and O–H groups in total. The van der Waals surface area contributed by atoms with Crippen molar-refractivity contribution in [3.8, 4) is 11.5 Å². The second kappa shape index (κ2) is 6.43. The number of amides is 1. The fourth-order valence-corrected chi connectivity index (χ4v) is 3.74. The Morgan fingerprint density at radius 1 is 1.16 bits per heavy atom. The molecule has 2 aliphatic rings. The summed E-state index contributed by atoms with van der Waals surface area (Å²) >= 11 is 12.3. The van der Waals surface area contributed by atoms with Crippen molar-refractivity contribution in [1.29, 1.82) is 0 Å². The summed E-state index contributed by atoms with van der Waals surface area (Å²) in [6.45, 7) is 1.64. The molecule has 6 heteroatoms. The summed E-state index contributed by atoms with van der Waals surface area (Å²) < 4.78 is 5.85. The molecule has 0 unspecified atom stereocenters. The van der Waals surface area contributed by atoms with Crippen molar-refractivity contribution in [2.45, 2.75) is 19.3 Å². The molecule has 1 heterocycles. The van der Waals surface area contributed by atoms with Crippen molar-refractivity contribution < 1.29 is 9.53 Å². The fraction of sp³-hybridized carbons (Fsp3) is 0.316. The number of nitrogens with zero attached hydrogens (tertiary/aromatic N) is 1. The van der Waals surface area contributed by atoms with Crippen molar-refractivity contribution in [1.82, 2.24) is 4.90 Å². The first-order valence-corrected chi connectivity index (χ1v) is 9.11. The maximum absolute atomic E-state index is 12.6. The predicted molar refractivity (Wildman–Crippen MR) is 99.7 cm³/mol. The molecule has 0 bridgehead atoms. The molecule has 1 fully saturated rings. The van der Waals surface area contributed by atoms with Gasteiger partial charge in [-0.1, -0.05) is 23.2 Å². The van der Waals surface area contributed by atoms with Crippen LogP contribution in [0.15, 0.2) is 30.3 Å². The topological polar surface area (TPSA) is 55.6 Å². The van der Waals surface area contributed by atoms with E-state index in [1.54, 1.807) is 18.2 Å². The Kier molecular flexibility index (Phi) is 4.26. The SMILES string of the molecule is Nc1cc(Cl)c(Oc2ccc3c(c2)CCN(CC2CC2)C3=O)c(Cl)c1. The van der Waals surface area contributed by atoms with Crippen LogP contribution in [0.1, 0.15) is 28.8 Å². The maximum Gasteiger partial charge on any atom is 0.254 e. The van der Waals surface area contributed by atoms with Crippen molar-refractivity contribution >= 4 is 34.8 Å². The van der Waals surface area contributed by atoms with Crippen LogP contribution in [0.2, 0.25) is 10.0 Å². The predicted octanol–water partition coefficient (Wildman–Crippen LogP) is 4.78. The van der Waals surface area contributed by atoms with E-state index in [1.807, 2.05) is 17.0 Å². The smallest absolute Gasteiger partial charge is 0.254 e. The molecule has 0 saturated heterocycles. The number of hydrogen-bond acceptors (Lipinski definition) is 3. The van der Waals surface area contributed by atoms with Crippen LogP contribution in [0.3, 0.4) is 0 Å². The minimum atomic E-state index is 0.114. The van der Waals surface area contributed by atoms with Gasteiger partial charge in [0, 0.05) is 24.3 Å². The van der Waals surface area contributed by atoms with Crippen LogP contribution in [0, 0.1) is 5.92 Å². The highest BCUT2D eigenvalue weighted by Crippen LogP contribution is 2.39. The van der Waals surface area contributed by atoms with E-state index in [9.17, 15) is 4.79 Å². The average Bonchev–Trinajstić information content (AvgIpc) is 3.38. The Labute approximate surface area is 156 Å². The molecule has 2 aromatic rings. The summed E-state index contributed by atoms with van der Waals surface area (Å²) in [4.78, 5) is 14.6. The first-order chi connectivity index (χ1) is 12.0. The van der Waals surface area contributed by atoms with Crippen LogP contribution in [-0.4, -0.2) is 23.9 Å². The molecular formula is C19H18Cl2N2O2. The third-order valence-corrected chi connectivity index (χ3v) is 5.22. The highest BCUT2D eigenvalue weighted by atomic mass is 35.5. The number of nitrogens with two attached hydrogens (primary N) is 1. The molecule has 1 aliphatic carbocycles. The Morgan fingerprint density at radius 3 is 2.56 bits per heavy atom. The van der Waals surface area contributed by atoms with Crippen LogP contribution >= 0.6 is 23.2 Å². The maximum atomic E-state index is 12.6. The Bertz CT molecular complexity index is 826. The lowest BCUT2D eigenvalue weighted by atomic mass is 9.98. The summed E-state index contributed by atoms with van der Waals surface area (Å²) in [5.74, 6) is 1.79.